The van der Waals surface area contributed by atoms with Crippen LogP contribution in [0.1, 0.15) is 36.2 Å². The number of hydrogen-bond acceptors (Lipinski definition) is 4. The number of benzene rings is 1. The van der Waals surface area contributed by atoms with E-state index in [1.165, 1.54) is 19.3 Å². The maximum absolute atomic E-state index is 12.4. The van der Waals surface area contributed by atoms with E-state index in [4.69, 9.17) is 12.2 Å². The molecule has 8 heteroatoms. The van der Waals surface area contributed by atoms with Crippen molar-refractivity contribution in [1.29, 1.82) is 0 Å². The Labute approximate surface area is 149 Å². The van der Waals surface area contributed by atoms with Crippen molar-refractivity contribution in [1.82, 2.24) is 26.4 Å². The lowest BCUT2D eigenvalue weighted by Gasteiger charge is -2.24. The maximum atomic E-state index is 12.4. The normalized spacial score (nSPS) is 24.2. The molecule has 0 saturated heterocycles. The Bertz CT molecular complexity index is 896. The van der Waals surface area contributed by atoms with E-state index in [0.717, 1.165) is 12.3 Å². The third kappa shape index (κ3) is 3.09. The molecule has 1 aromatic carbocycles. The molecule has 0 aliphatic heterocycles. The van der Waals surface area contributed by atoms with Gasteiger partial charge >= 0.3 is 0 Å². The van der Waals surface area contributed by atoms with E-state index in [1.54, 1.807) is 24.3 Å². The van der Waals surface area contributed by atoms with Crippen molar-refractivity contribution >= 4 is 34.0 Å². The molecule has 2 saturated carbocycles. The minimum Gasteiger partial charge on any atom is -0.358 e. The molecule has 0 unspecified atom stereocenters. The molecule has 2 aliphatic rings. The number of aromatic amines is 1. The van der Waals surface area contributed by atoms with Crippen molar-refractivity contribution in [2.45, 2.75) is 31.7 Å². The summed E-state index contributed by atoms with van der Waals surface area (Å²) < 4.78 is 0. The van der Waals surface area contributed by atoms with Crippen LogP contribution in [-0.2, 0) is 0 Å². The van der Waals surface area contributed by atoms with E-state index < -0.39 is 5.91 Å². The Morgan fingerprint density at radius 3 is 2.68 bits per heavy atom. The minimum atomic E-state index is -0.454. The number of carbonyl (C=O) groups is 1. The number of fused-ring (bicyclic) bond motifs is 3. The van der Waals surface area contributed by atoms with Gasteiger partial charge in [0.1, 0.15) is 0 Å². The molecule has 4 rings (SSSR count). The lowest BCUT2D eigenvalue weighted by molar-refractivity contribution is 0.0939. The number of nitrogens with one attached hydrogen (secondary N) is 4. The first-order valence-corrected chi connectivity index (χ1v) is 8.87. The number of carbonyl (C=O) groups excluding carboxylic acids is 1. The lowest BCUT2D eigenvalue weighted by atomic mass is 9.96. The molecule has 25 heavy (non-hydrogen) atoms. The molecule has 3 atom stereocenters. The fraction of sp³-hybridized carbons (Fsp3) is 0.412. The molecule has 7 nitrogen and oxygen atoms in total. The highest BCUT2D eigenvalue weighted by molar-refractivity contribution is 7.80. The summed E-state index contributed by atoms with van der Waals surface area (Å²) in [6.45, 7) is 0. The van der Waals surface area contributed by atoms with Gasteiger partial charge in [0.2, 0.25) is 0 Å². The molecule has 2 fully saturated rings. The van der Waals surface area contributed by atoms with E-state index in [9.17, 15) is 9.59 Å². The lowest BCUT2D eigenvalue weighted by Crippen LogP contribution is -2.51. The van der Waals surface area contributed by atoms with Crippen molar-refractivity contribution in [3.63, 3.8) is 0 Å². The van der Waals surface area contributed by atoms with Gasteiger partial charge in [-0.1, -0.05) is 24.6 Å². The van der Waals surface area contributed by atoms with E-state index in [1.807, 2.05) is 0 Å². The summed E-state index contributed by atoms with van der Waals surface area (Å²) in [6, 6.07) is 7.24. The fourth-order valence-electron chi connectivity index (χ4n) is 4.09. The van der Waals surface area contributed by atoms with E-state index in [0.29, 0.717) is 27.8 Å². The molecular weight excluding hydrogens is 338 g/mol. The van der Waals surface area contributed by atoms with Gasteiger partial charge in [-0.3, -0.25) is 20.4 Å². The Morgan fingerprint density at radius 2 is 1.96 bits per heavy atom. The number of hydrogen-bond donors (Lipinski definition) is 4. The van der Waals surface area contributed by atoms with Crippen LogP contribution in [0.25, 0.3) is 10.8 Å². The van der Waals surface area contributed by atoms with Crippen LogP contribution in [0, 0.1) is 11.8 Å². The van der Waals surface area contributed by atoms with Crippen molar-refractivity contribution in [3.8, 4) is 0 Å². The number of H-pyrrole nitrogens is 1. The quantitative estimate of drug-likeness (QED) is 0.476. The summed E-state index contributed by atoms with van der Waals surface area (Å²) in [6.07, 6.45) is 5.00. The zero-order valence-corrected chi connectivity index (χ0v) is 14.4. The summed E-state index contributed by atoms with van der Waals surface area (Å²) in [4.78, 5) is 24.2. The number of rotatable bonds is 2. The standard InChI is InChI=1S/C17H19N5O2S/c23-15-12-4-2-1-3-11(12)14(19-20-15)16(24)21-22-17(25)18-13-8-9-5-6-10(13)7-9/h1-4,9-10,13H,5-8H2,(H,20,23)(H,21,24)(H2,18,22,25)/t9-,10+,13-/m0/s1. The van der Waals surface area contributed by atoms with E-state index in [-0.39, 0.29) is 11.3 Å². The van der Waals surface area contributed by atoms with Crippen LogP contribution >= 0.6 is 12.2 Å². The molecule has 0 radical (unpaired) electrons. The monoisotopic (exact) mass is 357 g/mol. The van der Waals surface area contributed by atoms with E-state index >= 15 is 0 Å². The van der Waals surface area contributed by atoms with Gasteiger partial charge in [-0.25, -0.2) is 5.10 Å². The molecule has 2 aliphatic carbocycles. The Balaban J connectivity index is 1.40. The Kier molecular flexibility index (Phi) is 4.12. The van der Waals surface area contributed by atoms with Gasteiger partial charge in [-0.05, 0) is 49.4 Å². The summed E-state index contributed by atoms with van der Waals surface area (Å²) in [5, 5.41) is 10.8. The van der Waals surface area contributed by atoms with Gasteiger partial charge in [-0.2, -0.15) is 5.10 Å². The van der Waals surface area contributed by atoms with Crippen LogP contribution in [0.15, 0.2) is 29.1 Å². The summed E-state index contributed by atoms with van der Waals surface area (Å²) >= 11 is 5.28. The van der Waals surface area contributed by atoms with Crippen LogP contribution in [0.4, 0.5) is 0 Å². The summed E-state index contributed by atoms with van der Waals surface area (Å²) in [5.74, 6) is 1.05. The average molecular weight is 357 g/mol. The largest absolute Gasteiger partial charge is 0.358 e. The third-order valence-corrected chi connectivity index (χ3v) is 5.48. The van der Waals surface area contributed by atoms with Crippen LogP contribution in [0.2, 0.25) is 0 Å². The van der Waals surface area contributed by atoms with Gasteiger partial charge < -0.3 is 5.32 Å². The van der Waals surface area contributed by atoms with Gasteiger partial charge in [-0.15, -0.1) is 0 Å². The molecule has 0 spiro atoms. The second-order valence-corrected chi connectivity index (χ2v) is 7.19. The zero-order chi connectivity index (χ0) is 17.4. The SMILES string of the molecule is O=C(NNC(=S)N[C@H]1C[C@H]2CC[C@@H]1C2)c1n[nH]c(=O)c2ccccc12. The average Bonchev–Trinajstić information content (AvgIpc) is 3.23. The number of amides is 1. The van der Waals surface area contributed by atoms with Crippen molar-refractivity contribution in [3.05, 3.63) is 40.3 Å². The molecule has 4 N–H and O–H groups in total. The highest BCUT2D eigenvalue weighted by Crippen LogP contribution is 2.44. The van der Waals surface area contributed by atoms with Gasteiger partial charge in [0, 0.05) is 11.4 Å². The highest BCUT2D eigenvalue weighted by atomic mass is 32.1. The predicted molar refractivity (Wildman–Crippen MR) is 97.9 cm³/mol. The Morgan fingerprint density at radius 1 is 1.16 bits per heavy atom. The zero-order valence-electron chi connectivity index (χ0n) is 13.5. The molecule has 1 amide bonds. The maximum Gasteiger partial charge on any atom is 0.290 e. The molecular formula is C17H19N5O2S. The molecule has 2 aromatic rings. The van der Waals surface area contributed by atoms with Crippen molar-refractivity contribution in [2.75, 3.05) is 0 Å². The summed E-state index contributed by atoms with van der Waals surface area (Å²) in [5.41, 5.74) is 5.11. The number of nitrogens with zero attached hydrogens (tertiary/aromatic N) is 1. The first-order valence-electron chi connectivity index (χ1n) is 8.46. The minimum absolute atomic E-state index is 0.144. The van der Waals surface area contributed by atoms with Crippen LogP contribution < -0.4 is 21.7 Å². The highest BCUT2D eigenvalue weighted by Gasteiger charge is 2.39. The number of hydrazine groups is 1. The summed E-state index contributed by atoms with van der Waals surface area (Å²) in [7, 11) is 0. The van der Waals surface area contributed by atoms with Crippen LogP contribution in [0.3, 0.4) is 0 Å². The third-order valence-electron chi connectivity index (χ3n) is 5.26. The second-order valence-electron chi connectivity index (χ2n) is 6.78. The molecule has 1 heterocycles. The van der Waals surface area contributed by atoms with Crippen LogP contribution in [-0.4, -0.2) is 27.3 Å². The first-order chi connectivity index (χ1) is 12.1. The molecule has 130 valence electrons. The number of aromatic nitrogens is 2. The fourth-order valence-corrected chi connectivity index (χ4v) is 4.29. The van der Waals surface area contributed by atoms with Gasteiger partial charge in [0.25, 0.3) is 11.5 Å². The van der Waals surface area contributed by atoms with Crippen LogP contribution in [0.5, 0.6) is 0 Å². The number of thiocarbonyl (C=S) groups is 1. The second kappa shape index (κ2) is 6.44. The Hall–Kier alpha value is -2.48. The van der Waals surface area contributed by atoms with Gasteiger partial charge in [0.15, 0.2) is 10.8 Å². The predicted octanol–water partition coefficient (Wildman–Crippen LogP) is 1.22. The molecule has 2 bridgehead atoms. The topological polar surface area (TPSA) is 98.9 Å². The van der Waals surface area contributed by atoms with E-state index in [2.05, 4.69) is 26.4 Å². The smallest absolute Gasteiger partial charge is 0.290 e. The van der Waals surface area contributed by atoms with Crippen molar-refractivity contribution < 1.29 is 4.79 Å². The van der Waals surface area contributed by atoms with Gasteiger partial charge in [0.05, 0.1) is 5.39 Å². The van der Waals surface area contributed by atoms with Crippen molar-refractivity contribution in [2.24, 2.45) is 11.8 Å². The molecule has 1 aromatic heterocycles. The first kappa shape index (κ1) is 16.0.